The highest BCUT2D eigenvalue weighted by atomic mass is 16.5. The molecule has 7 aromatic rings. The third kappa shape index (κ3) is 11.7. The molecule has 3 N–H and O–H groups in total. The number of pyridine rings is 1. The van der Waals surface area contributed by atoms with Gasteiger partial charge in [-0.15, -0.1) is 0 Å². The molecule has 15 heteroatoms. The average molecular weight is 1150 g/mol. The van der Waals surface area contributed by atoms with Crippen molar-refractivity contribution < 1.29 is 33.8 Å². The monoisotopic (exact) mass is 1140 g/mol. The summed E-state index contributed by atoms with van der Waals surface area (Å²) in [4.78, 5) is 84.1. The maximum absolute atomic E-state index is 15.3. The number of amides is 4. The number of cyclic esters (lactones) is 1. The molecule has 0 spiro atoms. The lowest BCUT2D eigenvalue weighted by molar-refractivity contribution is -0.155. The zero-order chi connectivity index (χ0) is 59.7. The smallest absolute Gasteiger partial charge is 0.324 e. The number of benzene rings is 5. The van der Waals surface area contributed by atoms with Gasteiger partial charge in [0.05, 0.1) is 30.1 Å². The van der Waals surface area contributed by atoms with Gasteiger partial charge >= 0.3 is 5.97 Å². The van der Waals surface area contributed by atoms with Crippen LogP contribution in [0, 0.1) is 11.3 Å². The number of nitrogens with zero attached hydrogens (tertiary/aromatic N) is 6. The zero-order valence-electron chi connectivity index (χ0n) is 50.1. The number of esters is 1. The molecule has 1 saturated carbocycles. The first-order chi connectivity index (χ1) is 41.0. The second kappa shape index (κ2) is 24.5. The number of nitrogens with one attached hydrogen (secondary N) is 2. The number of ether oxygens (including phenoxy) is 1. The standard InChI is InChI=1S/C70H80N8O7/c1-8-76-59-33-32-48-40-55(59)56(64(76)54-30-20-34-71-62(54)45(2)3)41-69(4,5)44-85-68(84)57-31-21-35-78(73-57)66(82)58(38-46-36-49(48)39-53(79)37-46)72-65(81)63(47-22-18-19-23-47)75(7)61(80)43-74(6)67(83)60-42-77(60)70(50-24-12-9-13-25-50,51-26-14-10-15-27-51)52-28-16-11-17-29-52/h9-17,20,24-30,32-34,36-37,39-40,45,47,57-58,60,63,73,79H,8,18-19,21-23,31,35,38,41-44H2,1-7H3,(H,72,81)/t57-,58-,60+,63-,77?/m0/s1. The Morgan fingerprint density at radius 1 is 0.824 bits per heavy atom. The molecule has 11 rings (SSSR count). The minimum Gasteiger partial charge on any atom is -0.508 e. The number of carbonyl (C=O) groups excluding carboxylic acids is 5. The molecule has 1 aliphatic carbocycles. The van der Waals surface area contributed by atoms with Crippen LogP contribution in [0.5, 0.6) is 5.75 Å². The van der Waals surface area contributed by atoms with E-state index in [1.165, 1.54) is 14.8 Å². The van der Waals surface area contributed by atoms with Crippen molar-refractivity contribution in [3.8, 4) is 28.1 Å². The van der Waals surface area contributed by atoms with Crippen LogP contribution in [0.2, 0.25) is 0 Å². The normalized spacial score (nSPS) is 20.4. The molecule has 3 aliphatic heterocycles. The molecule has 15 nitrogen and oxygen atoms in total. The Bertz CT molecular complexity index is 3500. The third-order valence-corrected chi connectivity index (χ3v) is 18.1. The molecule has 4 amide bonds. The van der Waals surface area contributed by atoms with Crippen LogP contribution in [-0.2, 0) is 53.6 Å². The summed E-state index contributed by atoms with van der Waals surface area (Å²) < 4.78 is 8.54. The molecule has 5 heterocycles. The topological polar surface area (TPSA) is 169 Å². The molecule has 5 aromatic carbocycles. The molecule has 3 fully saturated rings. The van der Waals surface area contributed by atoms with E-state index in [4.69, 9.17) is 9.72 Å². The summed E-state index contributed by atoms with van der Waals surface area (Å²) >= 11 is 0. The highest BCUT2D eigenvalue weighted by Gasteiger charge is 2.57. The van der Waals surface area contributed by atoms with Gasteiger partial charge in [0, 0.05) is 68.2 Å². The van der Waals surface area contributed by atoms with E-state index in [0.717, 1.165) is 74.1 Å². The molecule has 1 unspecified atom stereocenters. The van der Waals surface area contributed by atoms with Crippen LogP contribution in [0.1, 0.15) is 113 Å². The molecule has 6 bridgehead atoms. The van der Waals surface area contributed by atoms with Gasteiger partial charge in [-0.3, -0.25) is 38.9 Å². The quantitative estimate of drug-likeness (QED) is 0.0541. The predicted molar refractivity (Wildman–Crippen MR) is 330 cm³/mol. The van der Waals surface area contributed by atoms with Crippen LogP contribution in [0.15, 0.2) is 146 Å². The Morgan fingerprint density at radius 2 is 1.48 bits per heavy atom. The minimum absolute atomic E-state index is 0.00317. The van der Waals surface area contributed by atoms with Crippen LogP contribution in [0.25, 0.3) is 33.3 Å². The molecule has 2 saturated heterocycles. The lowest BCUT2D eigenvalue weighted by Crippen LogP contribution is -2.62. The molecular weight excluding hydrogens is 1060 g/mol. The lowest BCUT2D eigenvalue weighted by Gasteiger charge is -2.38. The van der Waals surface area contributed by atoms with Crippen LogP contribution < -0.4 is 10.7 Å². The van der Waals surface area contributed by atoms with Gasteiger partial charge < -0.3 is 29.5 Å². The number of hydrogen-bond donors (Lipinski definition) is 3. The fourth-order valence-corrected chi connectivity index (χ4v) is 13.9. The van der Waals surface area contributed by atoms with Crippen molar-refractivity contribution in [2.45, 2.75) is 128 Å². The van der Waals surface area contributed by atoms with Crippen molar-refractivity contribution >= 4 is 40.5 Å². The Morgan fingerprint density at radius 3 is 2.12 bits per heavy atom. The fraction of sp³-hybridized carbons (Fsp3) is 0.400. The van der Waals surface area contributed by atoms with Crippen molar-refractivity contribution in [1.29, 1.82) is 0 Å². The van der Waals surface area contributed by atoms with Gasteiger partial charge in [0.25, 0.3) is 5.91 Å². The number of fused-ring (bicyclic) bond motifs is 6. The van der Waals surface area contributed by atoms with Gasteiger partial charge in [0.15, 0.2) is 0 Å². The molecule has 4 aliphatic rings. The second-order valence-corrected chi connectivity index (χ2v) is 25.0. The van der Waals surface area contributed by atoms with Crippen LogP contribution >= 0.6 is 0 Å². The van der Waals surface area contributed by atoms with E-state index in [1.54, 1.807) is 26.2 Å². The number of phenolic OH excluding ortho intramolecular Hbond substituents is 1. The number of rotatable bonds is 14. The summed E-state index contributed by atoms with van der Waals surface area (Å²) in [6.45, 7) is 11.9. The highest BCUT2D eigenvalue weighted by Crippen LogP contribution is 2.49. The Balaban J connectivity index is 0.898. The third-order valence-electron chi connectivity index (χ3n) is 18.1. The summed E-state index contributed by atoms with van der Waals surface area (Å²) in [5, 5.41) is 17.2. The van der Waals surface area contributed by atoms with Crippen molar-refractivity contribution in [3.05, 3.63) is 179 Å². The van der Waals surface area contributed by atoms with Crippen molar-refractivity contribution in [2.24, 2.45) is 11.3 Å². The number of aromatic nitrogens is 2. The molecule has 85 heavy (non-hydrogen) atoms. The fourth-order valence-electron chi connectivity index (χ4n) is 13.9. The van der Waals surface area contributed by atoms with E-state index in [9.17, 15) is 19.5 Å². The summed E-state index contributed by atoms with van der Waals surface area (Å²) in [7, 11) is 3.26. The number of hydrogen-bond acceptors (Lipinski definition) is 10. The van der Waals surface area contributed by atoms with E-state index < -0.39 is 58.8 Å². The summed E-state index contributed by atoms with van der Waals surface area (Å²) in [5.41, 5.74) is 12.3. The molecule has 0 radical (unpaired) electrons. The maximum atomic E-state index is 15.3. The van der Waals surface area contributed by atoms with E-state index in [1.807, 2.05) is 72.9 Å². The molecule has 5 atom stereocenters. The Hall–Kier alpha value is -8.14. The van der Waals surface area contributed by atoms with Gasteiger partial charge in [0.2, 0.25) is 17.7 Å². The van der Waals surface area contributed by atoms with Gasteiger partial charge in [0.1, 0.15) is 29.9 Å². The van der Waals surface area contributed by atoms with Crippen molar-refractivity contribution in [1.82, 2.24) is 40.0 Å². The van der Waals surface area contributed by atoms with Gasteiger partial charge in [-0.2, -0.15) is 0 Å². The Kier molecular flexibility index (Phi) is 16.9. The van der Waals surface area contributed by atoms with Crippen molar-refractivity contribution in [2.75, 3.05) is 40.3 Å². The molecule has 442 valence electrons. The number of phenols is 1. The van der Waals surface area contributed by atoms with Gasteiger partial charge in [-0.25, -0.2) is 5.43 Å². The number of hydrazine groups is 1. The number of carbonyl (C=O) groups is 5. The van der Waals surface area contributed by atoms with E-state index in [-0.39, 0.29) is 49.6 Å². The number of aromatic hydroxyl groups is 1. The first kappa shape index (κ1) is 58.6. The summed E-state index contributed by atoms with van der Waals surface area (Å²) in [5.74, 6) is -2.12. The van der Waals surface area contributed by atoms with E-state index in [2.05, 4.69) is 115 Å². The largest absolute Gasteiger partial charge is 0.508 e. The number of likely N-dealkylation sites (N-methyl/N-ethyl adjacent to an activating group) is 2. The average Bonchev–Trinajstić information content (AvgIpc) is 1.65. The minimum atomic E-state index is -1.19. The van der Waals surface area contributed by atoms with Crippen LogP contribution in [0.3, 0.4) is 0 Å². The van der Waals surface area contributed by atoms with Crippen LogP contribution in [-0.4, -0.2) is 128 Å². The first-order valence-electron chi connectivity index (χ1n) is 30.4. The highest BCUT2D eigenvalue weighted by molar-refractivity contribution is 5.97. The maximum Gasteiger partial charge on any atom is 0.324 e. The number of aryl methyl sites for hydroxylation is 1. The van der Waals surface area contributed by atoms with Crippen molar-refractivity contribution in [3.63, 3.8) is 0 Å². The van der Waals surface area contributed by atoms with Gasteiger partial charge in [-0.05, 0) is 126 Å². The summed E-state index contributed by atoms with van der Waals surface area (Å²) in [6.07, 6.45) is 6.47. The predicted octanol–water partition coefficient (Wildman–Crippen LogP) is 10.0. The SMILES string of the molecule is CCn1c(-c2cccnc2C(C)C)c2c3cc(ccc31)-c1cc(O)cc(c1)C[C@H](NC(=O)[C@H](C1CCCC1)N(C)C(=O)CN(C)C(=O)[C@H]1CN1C(c1ccccc1)(c1ccccc1)c1ccccc1)C(=O)N1CCC[C@H](N1)C(=O)OCC(C)(C)C2. The zero-order valence-corrected chi connectivity index (χ0v) is 50.1. The van der Waals surface area contributed by atoms with E-state index in [0.29, 0.717) is 50.8 Å². The first-order valence-corrected chi connectivity index (χ1v) is 30.4. The Labute approximate surface area is 499 Å². The summed E-state index contributed by atoms with van der Waals surface area (Å²) in [6, 6.07) is 42.8. The lowest BCUT2D eigenvalue weighted by atomic mass is 9.76. The van der Waals surface area contributed by atoms with E-state index >= 15 is 9.59 Å². The van der Waals surface area contributed by atoms with Gasteiger partial charge in [-0.1, -0.05) is 144 Å². The second-order valence-electron chi connectivity index (χ2n) is 25.0. The molecule has 2 aromatic heterocycles. The van der Waals surface area contributed by atoms with Crippen LogP contribution in [0.4, 0.5) is 0 Å². The molecular formula is C70H80N8O7.